The molecular formula is C11H12F3NO3S. The molecule has 2 unspecified atom stereocenters. The highest BCUT2D eigenvalue weighted by molar-refractivity contribution is 8.13. The molecule has 0 aliphatic heterocycles. The van der Waals surface area contributed by atoms with Crippen LogP contribution in [0.25, 0.3) is 0 Å². The Kier molecular flexibility index (Phi) is 5.33. The zero-order valence-corrected chi connectivity index (χ0v) is 10.7. The van der Waals surface area contributed by atoms with Crippen molar-refractivity contribution in [2.24, 2.45) is 0 Å². The van der Waals surface area contributed by atoms with Gasteiger partial charge in [0.05, 0.1) is 11.8 Å². The zero-order valence-electron chi connectivity index (χ0n) is 9.89. The van der Waals surface area contributed by atoms with Crippen molar-refractivity contribution in [2.75, 3.05) is 5.75 Å². The van der Waals surface area contributed by atoms with Crippen molar-refractivity contribution in [1.82, 2.24) is 4.98 Å². The maximum atomic E-state index is 12.4. The molecule has 0 saturated carbocycles. The molecule has 1 rings (SSSR count). The lowest BCUT2D eigenvalue weighted by Crippen LogP contribution is -2.23. The Labute approximate surface area is 111 Å². The molecule has 0 aliphatic rings. The third-order valence-corrected chi connectivity index (χ3v) is 3.10. The highest BCUT2D eigenvalue weighted by Gasteiger charge is 2.33. The second kappa shape index (κ2) is 6.36. The van der Waals surface area contributed by atoms with E-state index in [1.807, 2.05) is 0 Å². The minimum Gasteiger partial charge on any atom is -0.389 e. The van der Waals surface area contributed by atoms with Crippen LogP contribution in [-0.4, -0.2) is 32.2 Å². The van der Waals surface area contributed by atoms with Gasteiger partial charge in [-0.15, -0.1) is 0 Å². The third kappa shape index (κ3) is 4.81. The van der Waals surface area contributed by atoms with Crippen LogP contribution in [0.2, 0.25) is 0 Å². The van der Waals surface area contributed by atoms with Gasteiger partial charge in [0.1, 0.15) is 11.8 Å². The minimum atomic E-state index is -4.62. The number of nitrogens with zero attached hydrogens (tertiary/aromatic N) is 1. The van der Waals surface area contributed by atoms with Crippen LogP contribution in [0.4, 0.5) is 13.2 Å². The summed E-state index contributed by atoms with van der Waals surface area (Å²) in [5, 5.41) is 19.0. The van der Waals surface area contributed by atoms with Crippen LogP contribution < -0.4 is 0 Å². The van der Waals surface area contributed by atoms with Crippen molar-refractivity contribution in [3.8, 4) is 0 Å². The van der Waals surface area contributed by atoms with E-state index < -0.39 is 24.1 Å². The fourth-order valence-corrected chi connectivity index (χ4v) is 1.85. The topological polar surface area (TPSA) is 70.4 Å². The lowest BCUT2D eigenvalue weighted by atomic mass is 10.1. The molecule has 106 valence electrons. The number of thioether (sulfide) groups is 1. The predicted octanol–water partition coefficient (Wildman–Crippen LogP) is 1.77. The van der Waals surface area contributed by atoms with Crippen LogP contribution in [0.5, 0.6) is 0 Å². The normalized spacial score (nSPS) is 15.1. The number of carbonyl (C=O) groups excluding carboxylic acids is 1. The molecule has 0 saturated heterocycles. The molecule has 0 fully saturated rings. The van der Waals surface area contributed by atoms with Crippen LogP contribution >= 0.6 is 11.8 Å². The zero-order chi connectivity index (χ0) is 14.6. The van der Waals surface area contributed by atoms with Gasteiger partial charge >= 0.3 is 6.18 Å². The smallest absolute Gasteiger partial charge is 0.389 e. The summed E-state index contributed by atoms with van der Waals surface area (Å²) >= 11 is 0.773. The molecule has 0 aliphatic carbocycles. The minimum absolute atomic E-state index is 0.117. The molecule has 19 heavy (non-hydrogen) atoms. The van der Waals surface area contributed by atoms with Gasteiger partial charge in [0, 0.05) is 12.7 Å². The summed E-state index contributed by atoms with van der Waals surface area (Å²) in [6.07, 6.45) is -7.56. The van der Waals surface area contributed by atoms with Gasteiger partial charge in [-0.3, -0.25) is 4.79 Å². The van der Waals surface area contributed by atoms with E-state index in [9.17, 15) is 28.2 Å². The van der Waals surface area contributed by atoms with E-state index in [0.29, 0.717) is 0 Å². The average molecular weight is 295 g/mol. The maximum Gasteiger partial charge on any atom is 0.433 e. The van der Waals surface area contributed by atoms with Crippen molar-refractivity contribution in [1.29, 1.82) is 0 Å². The number of rotatable bonds is 4. The van der Waals surface area contributed by atoms with Gasteiger partial charge in [-0.25, -0.2) is 4.98 Å². The standard InChI is InChI=1S/C11H12F3NO3S/c1-6(16)19-5-8(17)10(18)7-3-2-4-9(15-7)11(12,13)14/h2-4,8,10,17-18H,5H2,1H3. The Morgan fingerprint density at radius 2 is 2.05 bits per heavy atom. The van der Waals surface area contributed by atoms with Gasteiger partial charge in [0.15, 0.2) is 5.12 Å². The van der Waals surface area contributed by atoms with Crippen LogP contribution in [0.1, 0.15) is 24.4 Å². The third-order valence-electron chi connectivity index (χ3n) is 2.19. The van der Waals surface area contributed by atoms with E-state index in [-0.39, 0.29) is 16.6 Å². The molecular weight excluding hydrogens is 283 g/mol. The Morgan fingerprint density at radius 1 is 1.42 bits per heavy atom. The van der Waals surface area contributed by atoms with Crippen molar-refractivity contribution >= 4 is 16.9 Å². The first kappa shape index (κ1) is 15.9. The fourth-order valence-electron chi connectivity index (χ4n) is 1.27. The molecule has 2 N–H and O–H groups in total. The Bertz CT molecular complexity index is 453. The van der Waals surface area contributed by atoms with E-state index in [1.54, 1.807) is 0 Å². The first-order valence-electron chi connectivity index (χ1n) is 5.25. The predicted molar refractivity (Wildman–Crippen MR) is 63.3 cm³/mol. The molecule has 0 spiro atoms. The Hall–Kier alpha value is -1.12. The number of pyridine rings is 1. The van der Waals surface area contributed by atoms with Gasteiger partial charge in [0.2, 0.25) is 0 Å². The summed E-state index contributed by atoms with van der Waals surface area (Å²) in [5.41, 5.74) is -1.43. The second-order valence-corrected chi connectivity index (χ2v) is 4.96. The summed E-state index contributed by atoms with van der Waals surface area (Å²) in [6.45, 7) is 1.28. The van der Waals surface area contributed by atoms with Crippen LogP contribution in [0.15, 0.2) is 18.2 Å². The van der Waals surface area contributed by atoms with Crippen LogP contribution in [-0.2, 0) is 11.0 Å². The monoisotopic (exact) mass is 295 g/mol. The molecule has 4 nitrogen and oxygen atoms in total. The summed E-state index contributed by atoms with van der Waals surface area (Å²) in [7, 11) is 0. The SMILES string of the molecule is CC(=O)SCC(O)C(O)c1cccc(C(F)(F)F)n1. The lowest BCUT2D eigenvalue weighted by Gasteiger charge is -2.17. The number of aliphatic hydroxyl groups is 2. The van der Waals surface area contributed by atoms with Crippen molar-refractivity contribution < 1.29 is 28.2 Å². The first-order valence-corrected chi connectivity index (χ1v) is 6.24. The number of aliphatic hydroxyl groups excluding tert-OH is 2. The van der Waals surface area contributed by atoms with Gasteiger partial charge in [-0.05, 0) is 12.1 Å². The van der Waals surface area contributed by atoms with Gasteiger partial charge < -0.3 is 10.2 Å². The number of alkyl halides is 3. The van der Waals surface area contributed by atoms with Crippen LogP contribution in [0, 0.1) is 0 Å². The van der Waals surface area contributed by atoms with E-state index in [4.69, 9.17) is 0 Å². The average Bonchev–Trinajstić information content (AvgIpc) is 2.34. The van der Waals surface area contributed by atoms with E-state index in [0.717, 1.165) is 23.9 Å². The van der Waals surface area contributed by atoms with Gasteiger partial charge in [-0.2, -0.15) is 13.2 Å². The molecule has 8 heteroatoms. The van der Waals surface area contributed by atoms with E-state index >= 15 is 0 Å². The lowest BCUT2D eigenvalue weighted by molar-refractivity contribution is -0.141. The summed E-state index contributed by atoms with van der Waals surface area (Å²) in [4.78, 5) is 14.0. The van der Waals surface area contributed by atoms with Crippen molar-refractivity contribution in [2.45, 2.75) is 25.3 Å². The number of halogens is 3. The highest BCUT2D eigenvalue weighted by Crippen LogP contribution is 2.29. The number of aromatic nitrogens is 1. The number of hydrogen-bond donors (Lipinski definition) is 2. The van der Waals surface area contributed by atoms with Crippen LogP contribution in [0.3, 0.4) is 0 Å². The summed E-state index contributed by atoms with van der Waals surface area (Å²) in [6, 6.07) is 3.05. The number of hydrogen-bond acceptors (Lipinski definition) is 5. The molecule has 0 aromatic carbocycles. The van der Waals surface area contributed by atoms with E-state index in [2.05, 4.69) is 4.98 Å². The largest absolute Gasteiger partial charge is 0.433 e. The highest BCUT2D eigenvalue weighted by atomic mass is 32.2. The molecule has 0 amide bonds. The Balaban J connectivity index is 2.82. The quantitative estimate of drug-likeness (QED) is 0.886. The van der Waals surface area contributed by atoms with Crippen molar-refractivity contribution in [3.05, 3.63) is 29.6 Å². The fraction of sp³-hybridized carbons (Fsp3) is 0.455. The van der Waals surface area contributed by atoms with Crippen molar-refractivity contribution in [3.63, 3.8) is 0 Å². The Morgan fingerprint density at radius 3 is 2.58 bits per heavy atom. The number of carbonyl (C=O) groups is 1. The van der Waals surface area contributed by atoms with E-state index in [1.165, 1.54) is 13.0 Å². The maximum absolute atomic E-state index is 12.4. The second-order valence-electron chi connectivity index (χ2n) is 3.76. The molecule has 1 aromatic rings. The molecule has 1 heterocycles. The molecule has 0 radical (unpaired) electrons. The first-order chi connectivity index (χ1) is 8.71. The summed E-state index contributed by atoms with van der Waals surface area (Å²) in [5.74, 6) is -0.117. The molecule has 0 bridgehead atoms. The van der Waals surface area contributed by atoms with Gasteiger partial charge in [-0.1, -0.05) is 17.8 Å². The van der Waals surface area contributed by atoms with Gasteiger partial charge in [0.25, 0.3) is 0 Å². The summed E-state index contributed by atoms with van der Waals surface area (Å²) < 4.78 is 37.3. The molecule has 2 atom stereocenters. The molecule has 1 aromatic heterocycles.